The number of hydrogen-bond donors (Lipinski definition) is 0. The van der Waals surface area contributed by atoms with Crippen molar-refractivity contribution in [1.82, 2.24) is 4.90 Å². The van der Waals surface area contributed by atoms with Crippen LogP contribution in [0.25, 0.3) is 0 Å². The molecule has 1 amide bonds. The Balaban J connectivity index is 1.40. The Kier molecular flexibility index (Phi) is 7.54. The molecule has 0 N–H and O–H groups in total. The molecule has 36 heavy (non-hydrogen) atoms. The minimum atomic E-state index is -3.47. The number of carbonyl (C=O) groups excluding carboxylic acids is 1. The van der Waals surface area contributed by atoms with Crippen LogP contribution >= 0.6 is 0 Å². The molecular formula is C28H33N3O4S. The van der Waals surface area contributed by atoms with Gasteiger partial charge in [0.1, 0.15) is 5.75 Å². The number of hydrogen-bond acceptors (Lipinski definition) is 5. The third kappa shape index (κ3) is 5.82. The van der Waals surface area contributed by atoms with Crippen LogP contribution in [0.15, 0.2) is 66.7 Å². The lowest BCUT2D eigenvalue weighted by Gasteiger charge is -2.36. The number of anilines is 2. The van der Waals surface area contributed by atoms with Gasteiger partial charge in [-0.3, -0.25) is 9.10 Å². The van der Waals surface area contributed by atoms with E-state index in [0.717, 1.165) is 41.2 Å². The van der Waals surface area contributed by atoms with E-state index in [1.165, 1.54) is 10.6 Å². The van der Waals surface area contributed by atoms with Crippen molar-refractivity contribution in [3.63, 3.8) is 0 Å². The lowest BCUT2D eigenvalue weighted by Crippen LogP contribution is -2.48. The molecule has 0 bridgehead atoms. The number of benzene rings is 3. The van der Waals surface area contributed by atoms with E-state index in [-0.39, 0.29) is 12.5 Å². The van der Waals surface area contributed by atoms with Crippen LogP contribution < -0.4 is 13.9 Å². The van der Waals surface area contributed by atoms with Crippen LogP contribution in [0, 0.1) is 13.8 Å². The van der Waals surface area contributed by atoms with Crippen LogP contribution in [0.1, 0.15) is 27.0 Å². The first-order chi connectivity index (χ1) is 17.2. The van der Waals surface area contributed by atoms with Gasteiger partial charge in [-0.05, 0) is 79.1 Å². The van der Waals surface area contributed by atoms with Crippen LogP contribution in [-0.4, -0.2) is 58.8 Å². The topological polar surface area (TPSA) is 70.2 Å². The molecule has 0 radical (unpaired) electrons. The Labute approximate surface area is 214 Å². The van der Waals surface area contributed by atoms with Crippen LogP contribution in [-0.2, 0) is 16.6 Å². The number of piperazine rings is 1. The molecule has 1 aliphatic heterocycles. The van der Waals surface area contributed by atoms with Gasteiger partial charge in [-0.15, -0.1) is 0 Å². The number of sulfonamides is 1. The monoisotopic (exact) mass is 507 g/mol. The quantitative estimate of drug-likeness (QED) is 0.479. The van der Waals surface area contributed by atoms with Crippen molar-refractivity contribution < 1.29 is 17.9 Å². The lowest BCUT2D eigenvalue weighted by molar-refractivity contribution is 0.0746. The first kappa shape index (κ1) is 25.6. The smallest absolute Gasteiger partial charge is 0.253 e. The van der Waals surface area contributed by atoms with Gasteiger partial charge in [0.25, 0.3) is 5.91 Å². The van der Waals surface area contributed by atoms with E-state index in [1.807, 2.05) is 73.3 Å². The minimum Gasteiger partial charge on any atom is -0.497 e. The highest BCUT2D eigenvalue weighted by Crippen LogP contribution is 2.24. The lowest BCUT2D eigenvalue weighted by atomic mass is 10.1. The zero-order chi connectivity index (χ0) is 25.9. The molecule has 3 aromatic carbocycles. The number of methoxy groups -OCH3 is 1. The van der Waals surface area contributed by atoms with E-state index in [1.54, 1.807) is 19.2 Å². The number of rotatable bonds is 7. The second kappa shape index (κ2) is 10.6. The maximum absolute atomic E-state index is 13.1. The van der Waals surface area contributed by atoms with Crippen molar-refractivity contribution in [2.75, 3.05) is 48.7 Å². The molecule has 0 unspecified atom stereocenters. The zero-order valence-corrected chi connectivity index (χ0v) is 22.1. The number of carbonyl (C=O) groups is 1. The molecule has 0 saturated carbocycles. The van der Waals surface area contributed by atoms with Gasteiger partial charge in [0.15, 0.2) is 0 Å². The van der Waals surface area contributed by atoms with E-state index in [2.05, 4.69) is 4.90 Å². The summed E-state index contributed by atoms with van der Waals surface area (Å²) >= 11 is 0. The highest BCUT2D eigenvalue weighted by Gasteiger charge is 2.23. The molecule has 0 aromatic heterocycles. The maximum atomic E-state index is 13.1. The SMILES string of the molecule is COc1ccc(N2CCN(C(=O)c3ccc(CN(c4ccc(C)c(C)c4)S(C)(=O)=O)cc3)CC2)cc1. The minimum absolute atomic E-state index is 0.00920. The third-order valence-corrected chi connectivity index (χ3v) is 7.85. The average molecular weight is 508 g/mol. The van der Waals surface area contributed by atoms with Crippen molar-refractivity contribution >= 4 is 27.3 Å². The molecule has 7 nitrogen and oxygen atoms in total. The molecular weight excluding hydrogens is 474 g/mol. The van der Waals surface area contributed by atoms with E-state index in [4.69, 9.17) is 4.74 Å². The number of ether oxygens (including phenoxy) is 1. The average Bonchev–Trinajstić information content (AvgIpc) is 2.88. The molecule has 0 spiro atoms. The Morgan fingerprint density at radius 3 is 2.08 bits per heavy atom. The fraction of sp³-hybridized carbons (Fsp3) is 0.321. The highest BCUT2D eigenvalue weighted by atomic mass is 32.2. The summed E-state index contributed by atoms with van der Waals surface area (Å²) in [6.07, 6.45) is 1.21. The summed E-state index contributed by atoms with van der Waals surface area (Å²) < 4.78 is 31.7. The van der Waals surface area contributed by atoms with Crippen molar-refractivity contribution in [1.29, 1.82) is 0 Å². The predicted molar refractivity (Wildman–Crippen MR) is 144 cm³/mol. The molecule has 4 rings (SSSR count). The van der Waals surface area contributed by atoms with Gasteiger partial charge in [0.2, 0.25) is 10.0 Å². The van der Waals surface area contributed by atoms with Gasteiger partial charge in [-0.25, -0.2) is 8.42 Å². The summed E-state index contributed by atoms with van der Waals surface area (Å²) in [5.74, 6) is 0.815. The number of nitrogens with zero attached hydrogens (tertiary/aromatic N) is 3. The van der Waals surface area contributed by atoms with Crippen molar-refractivity contribution in [3.05, 3.63) is 89.0 Å². The normalized spacial score (nSPS) is 14.0. The van der Waals surface area contributed by atoms with E-state index in [9.17, 15) is 13.2 Å². The maximum Gasteiger partial charge on any atom is 0.253 e. The molecule has 1 fully saturated rings. The summed E-state index contributed by atoms with van der Waals surface area (Å²) in [7, 11) is -1.82. The predicted octanol–water partition coefficient (Wildman–Crippen LogP) is 4.24. The Morgan fingerprint density at radius 2 is 1.53 bits per heavy atom. The van der Waals surface area contributed by atoms with E-state index < -0.39 is 10.0 Å². The molecule has 3 aromatic rings. The second-order valence-electron chi connectivity index (χ2n) is 9.21. The van der Waals surface area contributed by atoms with E-state index in [0.29, 0.717) is 24.3 Å². The van der Waals surface area contributed by atoms with Gasteiger partial charge in [-0.1, -0.05) is 18.2 Å². The summed E-state index contributed by atoms with van der Waals surface area (Å²) in [5.41, 5.74) is 5.32. The van der Waals surface area contributed by atoms with Crippen molar-refractivity contribution in [2.24, 2.45) is 0 Å². The first-order valence-electron chi connectivity index (χ1n) is 12.0. The second-order valence-corrected chi connectivity index (χ2v) is 11.1. The Hall–Kier alpha value is -3.52. The van der Waals surface area contributed by atoms with Crippen LogP contribution in [0.4, 0.5) is 11.4 Å². The highest BCUT2D eigenvalue weighted by molar-refractivity contribution is 7.92. The summed E-state index contributed by atoms with van der Waals surface area (Å²) in [5, 5.41) is 0. The summed E-state index contributed by atoms with van der Waals surface area (Å²) in [4.78, 5) is 17.2. The summed E-state index contributed by atoms with van der Waals surface area (Å²) in [6.45, 7) is 6.97. The van der Waals surface area contributed by atoms with Gasteiger partial charge in [0, 0.05) is 37.4 Å². The van der Waals surface area contributed by atoms with Gasteiger partial charge in [0.05, 0.1) is 25.6 Å². The molecule has 1 heterocycles. The zero-order valence-electron chi connectivity index (χ0n) is 21.3. The Bertz CT molecular complexity index is 1310. The molecule has 190 valence electrons. The third-order valence-electron chi connectivity index (χ3n) is 6.71. The standard InChI is InChI=1S/C28H33N3O4S/c1-21-5-10-26(19-22(21)2)31(36(4,33)34)20-23-6-8-24(9-7-23)28(32)30-17-15-29(16-18-30)25-11-13-27(35-3)14-12-25/h5-14,19H,15-18,20H2,1-4H3. The molecule has 0 atom stereocenters. The number of amides is 1. The van der Waals surface area contributed by atoms with Crippen LogP contribution in [0.3, 0.4) is 0 Å². The van der Waals surface area contributed by atoms with E-state index >= 15 is 0 Å². The van der Waals surface area contributed by atoms with Gasteiger partial charge < -0.3 is 14.5 Å². The first-order valence-corrected chi connectivity index (χ1v) is 13.8. The molecule has 0 aliphatic carbocycles. The van der Waals surface area contributed by atoms with Gasteiger partial charge in [-0.2, -0.15) is 0 Å². The Morgan fingerprint density at radius 1 is 0.889 bits per heavy atom. The van der Waals surface area contributed by atoms with Gasteiger partial charge >= 0.3 is 0 Å². The largest absolute Gasteiger partial charge is 0.497 e. The fourth-order valence-corrected chi connectivity index (χ4v) is 5.22. The molecule has 1 aliphatic rings. The van der Waals surface area contributed by atoms with Crippen LogP contribution in [0.2, 0.25) is 0 Å². The van der Waals surface area contributed by atoms with Crippen molar-refractivity contribution in [2.45, 2.75) is 20.4 Å². The summed E-state index contributed by atoms with van der Waals surface area (Å²) in [6, 6.07) is 20.8. The fourth-order valence-electron chi connectivity index (χ4n) is 4.34. The molecule has 1 saturated heterocycles. The number of aryl methyl sites for hydroxylation is 2. The van der Waals surface area contributed by atoms with Crippen molar-refractivity contribution in [3.8, 4) is 5.75 Å². The molecule has 8 heteroatoms. The van der Waals surface area contributed by atoms with Crippen LogP contribution in [0.5, 0.6) is 5.75 Å².